The number of hydrogen-bond donors (Lipinski definition) is 1. The third-order valence-electron chi connectivity index (χ3n) is 1.88. The Labute approximate surface area is 87.0 Å². The lowest BCUT2D eigenvalue weighted by Gasteiger charge is -2.18. The highest BCUT2D eigenvalue weighted by Crippen LogP contribution is 2.22. The van der Waals surface area contributed by atoms with Gasteiger partial charge in [0, 0.05) is 17.2 Å². The van der Waals surface area contributed by atoms with Crippen LogP contribution in [-0.4, -0.2) is 10.5 Å². The maximum Gasteiger partial charge on any atom is 0.272 e. The SMILES string of the molecule is CC(C)(N)Cc1cc(F)ccc1[N+](=O)[O-]. The summed E-state index contributed by atoms with van der Waals surface area (Å²) < 4.78 is 12.9. The van der Waals surface area contributed by atoms with Crippen molar-refractivity contribution in [3.05, 3.63) is 39.7 Å². The van der Waals surface area contributed by atoms with E-state index in [0.29, 0.717) is 5.56 Å². The maximum atomic E-state index is 12.9. The molecule has 82 valence electrons. The number of benzene rings is 1. The van der Waals surface area contributed by atoms with Gasteiger partial charge in [-0.1, -0.05) is 0 Å². The Morgan fingerprint density at radius 3 is 2.60 bits per heavy atom. The van der Waals surface area contributed by atoms with Gasteiger partial charge < -0.3 is 5.73 Å². The molecule has 0 atom stereocenters. The zero-order valence-electron chi connectivity index (χ0n) is 8.66. The molecule has 1 aromatic rings. The molecule has 0 aliphatic carbocycles. The van der Waals surface area contributed by atoms with E-state index in [2.05, 4.69) is 0 Å². The molecule has 0 amide bonds. The lowest BCUT2D eigenvalue weighted by molar-refractivity contribution is -0.385. The van der Waals surface area contributed by atoms with Gasteiger partial charge in [-0.25, -0.2) is 4.39 Å². The molecule has 0 aliphatic rings. The molecule has 0 saturated carbocycles. The molecule has 0 spiro atoms. The van der Waals surface area contributed by atoms with Gasteiger partial charge in [0.05, 0.1) is 4.92 Å². The van der Waals surface area contributed by atoms with E-state index >= 15 is 0 Å². The Balaban J connectivity index is 3.13. The fourth-order valence-electron chi connectivity index (χ4n) is 1.36. The largest absolute Gasteiger partial charge is 0.325 e. The minimum Gasteiger partial charge on any atom is -0.325 e. The van der Waals surface area contributed by atoms with Gasteiger partial charge in [0.1, 0.15) is 5.82 Å². The Morgan fingerprint density at radius 2 is 2.13 bits per heavy atom. The van der Waals surface area contributed by atoms with Crippen molar-refractivity contribution in [2.24, 2.45) is 5.73 Å². The second kappa shape index (κ2) is 3.94. The highest BCUT2D eigenvalue weighted by molar-refractivity contribution is 5.41. The van der Waals surface area contributed by atoms with Crippen molar-refractivity contribution in [2.45, 2.75) is 25.8 Å². The molecule has 5 heteroatoms. The van der Waals surface area contributed by atoms with E-state index in [1.54, 1.807) is 13.8 Å². The first-order valence-electron chi connectivity index (χ1n) is 4.51. The number of rotatable bonds is 3. The molecule has 0 aromatic heterocycles. The van der Waals surface area contributed by atoms with Crippen molar-refractivity contribution < 1.29 is 9.31 Å². The van der Waals surface area contributed by atoms with Gasteiger partial charge in [-0.3, -0.25) is 10.1 Å². The lowest BCUT2D eigenvalue weighted by Crippen LogP contribution is -2.34. The number of hydrogen-bond acceptors (Lipinski definition) is 3. The molecular weight excluding hydrogens is 199 g/mol. The third kappa shape index (κ3) is 3.28. The topological polar surface area (TPSA) is 69.2 Å². The summed E-state index contributed by atoms with van der Waals surface area (Å²) in [5.41, 5.74) is 5.38. The summed E-state index contributed by atoms with van der Waals surface area (Å²) in [6.07, 6.45) is 0.265. The molecule has 0 radical (unpaired) electrons. The van der Waals surface area contributed by atoms with Crippen LogP contribution in [0.3, 0.4) is 0 Å². The van der Waals surface area contributed by atoms with E-state index < -0.39 is 16.3 Å². The minimum atomic E-state index is -0.599. The standard InChI is InChI=1S/C10H13FN2O2/c1-10(2,12)6-7-5-8(11)3-4-9(7)13(14)15/h3-5H,6,12H2,1-2H3. The van der Waals surface area contributed by atoms with Gasteiger partial charge in [-0.2, -0.15) is 0 Å². The van der Waals surface area contributed by atoms with E-state index in [9.17, 15) is 14.5 Å². The zero-order valence-corrected chi connectivity index (χ0v) is 8.66. The molecule has 0 heterocycles. The van der Waals surface area contributed by atoms with Crippen LogP contribution in [0.4, 0.5) is 10.1 Å². The van der Waals surface area contributed by atoms with E-state index in [1.165, 1.54) is 0 Å². The predicted octanol–water partition coefficient (Wildman–Crippen LogP) is 2.01. The number of nitrogens with two attached hydrogens (primary N) is 1. The Morgan fingerprint density at radius 1 is 1.53 bits per heavy atom. The third-order valence-corrected chi connectivity index (χ3v) is 1.88. The summed E-state index contributed by atoms with van der Waals surface area (Å²) >= 11 is 0. The molecule has 0 unspecified atom stereocenters. The molecule has 4 nitrogen and oxygen atoms in total. The van der Waals surface area contributed by atoms with Gasteiger partial charge in [0.25, 0.3) is 5.69 Å². The zero-order chi connectivity index (χ0) is 11.6. The van der Waals surface area contributed by atoms with Crippen molar-refractivity contribution in [2.75, 3.05) is 0 Å². The van der Waals surface area contributed by atoms with Gasteiger partial charge in [0.2, 0.25) is 0 Å². The second-order valence-electron chi connectivity index (χ2n) is 4.20. The van der Waals surface area contributed by atoms with Gasteiger partial charge in [-0.15, -0.1) is 0 Å². The van der Waals surface area contributed by atoms with E-state index in [4.69, 9.17) is 5.73 Å². The quantitative estimate of drug-likeness (QED) is 0.615. The molecule has 15 heavy (non-hydrogen) atoms. The molecule has 2 N–H and O–H groups in total. The highest BCUT2D eigenvalue weighted by atomic mass is 19.1. The van der Waals surface area contributed by atoms with Gasteiger partial charge >= 0.3 is 0 Å². The Kier molecular flexibility index (Phi) is 3.04. The molecule has 0 saturated heterocycles. The summed E-state index contributed by atoms with van der Waals surface area (Å²) in [5, 5.41) is 10.7. The molecular formula is C10H13FN2O2. The van der Waals surface area contributed by atoms with E-state index in [1.807, 2.05) is 0 Å². The van der Waals surface area contributed by atoms with Crippen molar-refractivity contribution in [1.82, 2.24) is 0 Å². The summed E-state index contributed by atoms with van der Waals surface area (Å²) in [6, 6.07) is 3.40. The highest BCUT2D eigenvalue weighted by Gasteiger charge is 2.20. The van der Waals surface area contributed by atoms with Crippen LogP contribution in [0.15, 0.2) is 18.2 Å². The lowest BCUT2D eigenvalue weighted by atomic mass is 9.95. The summed E-state index contributed by atoms with van der Waals surface area (Å²) in [4.78, 5) is 10.1. The van der Waals surface area contributed by atoms with Crippen LogP contribution >= 0.6 is 0 Å². The normalized spacial score (nSPS) is 11.5. The molecule has 0 bridgehead atoms. The fourth-order valence-corrected chi connectivity index (χ4v) is 1.36. The fraction of sp³-hybridized carbons (Fsp3) is 0.400. The summed E-state index contributed by atoms with van der Waals surface area (Å²) in [5.74, 6) is -0.486. The van der Waals surface area contributed by atoms with Crippen LogP contribution in [0.25, 0.3) is 0 Å². The average molecular weight is 212 g/mol. The first-order chi connectivity index (χ1) is 6.79. The smallest absolute Gasteiger partial charge is 0.272 e. The molecule has 1 rings (SSSR count). The molecule has 0 aliphatic heterocycles. The predicted molar refractivity (Wildman–Crippen MR) is 55.0 cm³/mol. The van der Waals surface area contributed by atoms with Gasteiger partial charge in [0.15, 0.2) is 0 Å². The van der Waals surface area contributed by atoms with E-state index in [-0.39, 0.29) is 12.1 Å². The van der Waals surface area contributed by atoms with Crippen LogP contribution in [-0.2, 0) is 6.42 Å². The van der Waals surface area contributed by atoms with Crippen LogP contribution in [0.2, 0.25) is 0 Å². The second-order valence-corrected chi connectivity index (χ2v) is 4.20. The van der Waals surface area contributed by atoms with Gasteiger partial charge in [-0.05, 0) is 32.4 Å². The van der Waals surface area contributed by atoms with Crippen molar-refractivity contribution in [3.8, 4) is 0 Å². The van der Waals surface area contributed by atoms with Crippen LogP contribution in [0, 0.1) is 15.9 Å². The van der Waals surface area contributed by atoms with Crippen LogP contribution in [0.5, 0.6) is 0 Å². The summed E-state index contributed by atoms with van der Waals surface area (Å²) in [7, 11) is 0. The number of halogens is 1. The maximum absolute atomic E-state index is 12.9. The molecule has 1 aromatic carbocycles. The minimum absolute atomic E-state index is 0.0880. The molecule has 0 fully saturated rings. The number of nitro benzene ring substituents is 1. The number of nitro groups is 1. The first kappa shape index (κ1) is 11.6. The van der Waals surface area contributed by atoms with Crippen LogP contribution in [0.1, 0.15) is 19.4 Å². The average Bonchev–Trinajstić information content (AvgIpc) is 1.99. The van der Waals surface area contributed by atoms with Crippen molar-refractivity contribution in [3.63, 3.8) is 0 Å². The van der Waals surface area contributed by atoms with E-state index in [0.717, 1.165) is 18.2 Å². The van der Waals surface area contributed by atoms with Crippen molar-refractivity contribution >= 4 is 5.69 Å². The summed E-state index contributed by atoms with van der Waals surface area (Å²) in [6.45, 7) is 3.48. The monoisotopic (exact) mass is 212 g/mol. The first-order valence-corrected chi connectivity index (χ1v) is 4.51. The number of nitrogens with zero attached hydrogens (tertiary/aromatic N) is 1. The Bertz CT molecular complexity index is 385. The Hall–Kier alpha value is -1.49. The van der Waals surface area contributed by atoms with Crippen LogP contribution < -0.4 is 5.73 Å². The van der Waals surface area contributed by atoms with Crippen molar-refractivity contribution in [1.29, 1.82) is 0 Å².